The number of hydrogen-bond donors (Lipinski definition) is 3. The molecule has 44 heavy (non-hydrogen) atoms. The summed E-state index contributed by atoms with van der Waals surface area (Å²) in [6.07, 6.45) is 1.75. The van der Waals surface area contributed by atoms with Crippen molar-refractivity contribution in [2.45, 2.75) is 25.3 Å². The smallest absolute Gasteiger partial charge is 0.258 e. The number of aromatic amines is 1. The van der Waals surface area contributed by atoms with Crippen molar-refractivity contribution in [3.63, 3.8) is 0 Å². The molecule has 0 atom stereocenters. The van der Waals surface area contributed by atoms with E-state index in [0.29, 0.717) is 41.1 Å². The van der Waals surface area contributed by atoms with E-state index in [2.05, 4.69) is 43.7 Å². The number of rotatable bonds is 7. The molecule has 3 N–H and O–H groups in total. The van der Waals surface area contributed by atoms with Gasteiger partial charge in [0.05, 0.1) is 11.1 Å². The highest BCUT2D eigenvalue weighted by Crippen LogP contribution is 2.29. The molecule has 2 fully saturated rings. The van der Waals surface area contributed by atoms with Crippen LogP contribution < -0.4 is 31.9 Å². The van der Waals surface area contributed by atoms with Gasteiger partial charge in [-0.25, -0.2) is 8.78 Å². The summed E-state index contributed by atoms with van der Waals surface area (Å²) in [5.74, 6) is -2.07. The summed E-state index contributed by atoms with van der Waals surface area (Å²) in [5.41, 5.74) is 2.44. The largest absolute Gasteiger partial charge is 0.381 e. The molecule has 2 saturated heterocycles. The van der Waals surface area contributed by atoms with Crippen LogP contribution in [0, 0.1) is 11.6 Å². The molecule has 220 valence electrons. The number of halogens is 2. The van der Waals surface area contributed by atoms with Crippen molar-refractivity contribution in [1.29, 1.82) is 0 Å². The fourth-order valence-corrected chi connectivity index (χ4v) is 5.81. The molecule has 2 aliphatic heterocycles. The van der Waals surface area contributed by atoms with Crippen molar-refractivity contribution in [2.24, 2.45) is 0 Å². The molecule has 0 bridgehead atoms. The van der Waals surface area contributed by atoms with Crippen LogP contribution in [0.4, 0.5) is 26.0 Å². The number of carbonyl (C=O) groups excluding carboxylic acids is 1. The van der Waals surface area contributed by atoms with E-state index in [1.807, 2.05) is 12.1 Å². The van der Waals surface area contributed by atoms with Gasteiger partial charge in [0.25, 0.3) is 5.91 Å². The second-order valence-electron chi connectivity index (χ2n) is 11.5. The van der Waals surface area contributed by atoms with Gasteiger partial charge in [-0.05, 0) is 67.7 Å². The molecule has 8 nitrogen and oxygen atoms in total. The van der Waals surface area contributed by atoms with Gasteiger partial charge < -0.3 is 25.2 Å². The second-order valence-corrected chi connectivity index (χ2v) is 11.5. The van der Waals surface area contributed by atoms with E-state index in [4.69, 9.17) is 28.3 Å². The van der Waals surface area contributed by atoms with Crippen LogP contribution in [0.1, 0.15) is 34.3 Å². The molecular formula is C31H31B3F2N6O2. The fraction of sp³-hybridized carbons (Fsp3) is 0.355. The number of benzene rings is 3. The number of fused-ring (bicyclic) bond motifs is 1. The number of amides is 1. The first kappa shape index (κ1) is 30.2. The van der Waals surface area contributed by atoms with E-state index in [0.717, 1.165) is 50.4 Å². The van der Waals surface area contributed by atoms with Gasteiger partial charge in [0, 0.05) is 62.2 Å². The Morgan fingerprint density at radius 2 is 1.70 bits per heavy atom. The number of likely N-dealkylation sites (N-methyl/N-ethyl adjacent to an activating group) is 1. The first-order valence-corrected chi connectivity index (χ1v) is 14.7. The first-order valence-electron chi connectivity index (χ1n) is 14.7. The van der Waals surface area contributed by atoms with Gasteiger partial charge in [-0.1, -0.05) is 22.6 Å². The average molecular weight is 590 g/mol. The number of anilines is 3. The molecule has 1 aromatic heterocycles. The Morgan fingerprint density at radius 1 is 1.00 bits per heavy atom. The second kappa shape index (κ2) is 12.7. The highest BCUT2D eigenvalue weighted by atomic mass is 19.1. The molecule has 6 radical (unpaired) electrons. The summed E-state index contributed by atoms with van der Waals surface area (Å²) >= 11 is 0. The number of ether oxygens (including phenoxy) is 1. The minimum absolute atomic E-state index is 0.0488. The van der Waals surface area contributed by atoms with E-state index in [9.17, 15) is 13.6 Å². The molecule has 4 aromatic rings. The lowest BCUT2D eigenvalue weighted by molar-refractivity contribution is 0.0904. The van der Waals surface area contributed by atoms with Gasteiger partial charge in [-0.3, -0.25) is 9.89 Å². The molecular weight excluding hydrogens is 559 g/mol. The fourth-order valence-electron chi connectivity index (χ4n) is 5.81. The summed E-state index contributed by atoms with van der Waals surface area (Å²) in [5, 5.41) is 14.4. The quantitative estimate of drug-likeness (QED) is 0.283. The van der Waals surface area contributed by atoms with Crippen LogP contribution in [-0.4, -0.2) is 97.0 Å². The third-order valence-electron chi connectivity index (χ3n) is 8.53. The summed E-state index contributed by atoms with van der Waals surface area (Å²) in [6, 6.07) is 11.4. The van der Waals surface area contributed by atoms with Crippen LogP contribution in [0.15, 0.2) is 36.4 Å². The standard InChI is InChI=1S/C31H31B3F2N6O2/c1-41-8-10-42(11-9-41)19-3-4-20(24(16-19)37-18-6-12-44-13-7-18)31(43)38-30-21-14-17(2-5-23(21)39-40-30)15-22-25(32)28(35)27(34)29(36)26(22)33/h2-5,14,16,18,37H,6-13,15H2,1H3,(H2,38,39,40,43). The molecule has 1 amide bonds. The van der Waals surface area contributed by atoms with Crippen molar-refractivity contribution < 1.29 is 18.3 Å². The average Bonchev–Trinajstić information content (AvgIpc) is 3.43. The highest BCUT2D eigenvalue weighted by molar-refractivity contribution is 6.44. The molecule has 0 saturated carbocycles. The number of carbonyl (C=O) groups is 1. The highest BCUT2D eigenvalue weighted by Gasteiger charge is 2.22. The van der Waals surface area contributed by atoms with Gasteiger partial charge in [0.1, 0.15) is 35.2 Å². The van der Waals surface area contributed by atoms with Crippen molar-refractivity contribution >= 4 is 73.9 Å². The topological polar surface area (TPSA) is 85.5 Å². The lowest BCUT2D eigenvalue weighted by Gasteiger charge is -2.34. The van der Waals surface area contributed by atoms with Crippen LogP contribution in [0.2, 0.25) is 0 Å². The number of aromatic nitrogens is 2. The minimum Gasteiger partial charge on any atom is -0.381 e. The van der Waals surface area contributed by atoms with Crippen LogP contribution in [0.5, 0.6) is 0 Å². The van der Waals surface area contributed by atoms with Crippen LogP contribution in [-0.2, 0) is 11.2 Å². The molecule has 13 heteroatoms. The third-order valence-corrected chi connectivity index (χ3v) is 8.53. The van der Waals surface area contributed by atoms with Gasteiger partial charge in [-0.2, -0.15) is 5.10 Å². The molecule has 0 aliphatic carbocycles. The third kappa shape index (κ3) is 6.08. The van der Waals surface area contributed by atoms with E-state index >= 15 is 0 Å². The lowest BCUT2D eigenvalue weighted by Crippen LogP contribution is -2.44. The Bertz CT molecular complexity index is 1670. The molecule has 3 aromatic carbocycles. The number of piperazine rings is 1. The molecule has 3 heterocycles. The molecule has 0 spiro atoms. The Morgan fingerprint density at radius 3 is 2.41 bits per heavy atom. The minimum atomic E-state index is -1.03. The zero-order chi connectivity index (χ0) is 31.0. The zero-order valence-electron chi connectivity index (χ0n) is 24.6. The van der Waals surface area contributed by atoms with E-state index < -0.39 is 17.1 Å². The van der Waals surface area contributed by atoms with E-state index in [1.165, 1.54) is 0 Å². The Kier molecular flexibility index (Phi) is 8.69. The SMILES string of the molecule is [B]c1c(F)c([B])c(Cc2ccc3[nH]nc(NC(=O)c4ccc(N5CCN(C)CC5)cc4NC4CCOCC4)c3c2)c([B])c1F. The number of nitrogens with zero attached hydrogens (tertiary/aromatic N) is 3. The maximum absolute atomic E-state index is 14.4. The predicted octanol–water partition coefficient (Wildman–Crippen LogP) is 1.41. The lowest BCUT2D eigenvalue weighted by atomic mass is 9.73. The normalized spacial score (nSPS) is 16.4. The number of nitrogens with one attached hydrogen (secondary N) is 3. The zero-order valence-corrected chi connectivity index (χ0v) is 24.6. The van der Waals surface area contributed by atoms with Crippen molar-refractivity contribution in [1.82, 2.24) is 15.1 Å². The Labute approximate surface area is 259 Å². The Balaban J connectivity index is 1.27. The Hall–Kier alpha value is -3.83. The van der Waals surface area contributed by atoms with Crippen LogP contribution in [0.25, 0.3) is 10.9 Å². The van der Waals surface area contributed by atoms with Gasteiger partial charge >= 0.3 is 0 Å². The van der Waals surface area contributed by atoms with Crippen LogP contribution >= 0.6 is 0 Å². The van der Waals surface area contributed by atoms with Crippen molar-refractivity contribution in [3.8, 4) is 0 Å². The molecule has 2 aliphatic rings. The van der Waals surface area contributed by atoms with E-state index in [-0.39, 0.29) is 34.9 Å². The van der Waals surface area contributed by atoms with Gasteiger partial charge in [0.15, 0.2) is 5.82 Å². The van der Waals surface area contributed by atoms with Crippen molar-refractivity contribution in [2.75, 3.05) is 62.0 Å². The molecule has 0 unspecified atom stereocenters. The van der Waals surface area contributed by atoms with Crippen molar-refractivity contribution in [3.05, 3.63) is 64.7 Å². The van der Waals surface area contributed by atoms with E-state index in [1.54, 1.807) is 18.2 Å². The summed E-state index contributed by atoms with van der Waals surface area (Å²) in [4.78, 5) is 18.4. The number of hydrogen-bond acceptors (Lipinski definition) is 6. The number of H-pyrrole nitrogens is 1. The monoisotopic (exact) mass is 590 g/mol. The predicted molar refractivity (Wildman–Crippen MR) is 173 cm³/mol. The van der Waals surface area contributed by atoms with Gasteiger partial charge in [-0.15, -0.1) is 0 Å². The summed E-state index contributed by atoms with van der Waals surface area (Å²) in [7, 11) is 19.4. The maximum atomic E-state index is 14.4. The maximum Gasteiger partial charge on any atom is 0.258 e. The molecule has 6 rings (SSSR count). The van der Waals surface area contributed by atoms with Crippen LogP contribution in [0.3, 0.4) is 0 Å². The summed E-state index contributed by atoms with van der Waals surface area (Å²) < 4.78 is 34.4. The summed E-state index contributed by atoms with van der Waals surface area (Å²) in [6.45, 7) is 5.11. The first-order chi connectivity index (χ1) is 21.2. The van der Waals surface area contributed by atoms with Gasteiger partial charge in [0.2, 0.25) is 0 Å².